The van der Waals surface area contributed by atoms with Crippen molar-refractivity contribution in [3.05, 3.63) is 82.8 Å². The summed E-state index contributed by atoms with van der Waals surface area (Å²) in [6.07, 6.45) is 3.32. The van der Waals surface area contributed by atoms with Crippen LogP contribution in [0.1, 0.15) is 10.4 Å². The number of hydrogen-bond acceptors (Lipinski definition) is 6. The summed E-state index contributed by atoms with van der Waals surface area (Å²) in [5, 5.41) is 14.6. The van der Waals surface area contributed by atoms with Gasteiger partial charge in [-0.3, -0.25) is 0 Å². The summed E-state index contributed by atoms with van der Waals surface area (Å²) < 4.78 is 13.0. The topological polar surface area (TPSA) is 61.5 Å². The molecule has 0 saturated heterocycles. The largest absolute Gasteiger partial charge is 0.493 e. The predicted molar refractivity (Wildman–Crippen MR) is 110 cm³/mol. The molecule has 140 valence electrons. The van der Waals surface area contributed by atoms with Crippen molar-refractivity contribution in [3.63, 3.8) is 0 Å². The third kappa shape index (κ3) is 4.10. The third-order valence-corrected chi connectivity index (χ3v) is 4.88. The van der Waals surface area contributed by atoms with Gasteiger partial charge >= 0.3 is 0 Å². The van der Waals surface area contributed by atoms with E-state index in [0.29, 0.717) is 23.9 Å². The zero-order valence-electron chi connectivity index (χ0n) is 15.2. The van der Waals surface area contributed by atoms with Crippen LogP contribution in [-0.4, -0.2) is 28.2 Å². The van der Waals surface area contributed by atoms with Crippen LogP contribution in [-0.2, 0) is 6.61 Å². The van der Waals surface area contributed by atoms with E-state index >= 15 is 0 Å². The van der Waals surface area contributed by atoms with Crippen LogP contribution >= 0.6 is 11.3 Å². The molecular weight excluding hydrogens is 372 g/mol. The molecule has 28 heavy (non-hydrogen) atoms. The number of benzene rings is 2. The second kappa shape index (κ2) is 8.49. The maximum absolute atomic E-state index is 5.87. The molecule has 4 aromatic rings. The van der Waals surface area contributed by atoms with Gasteiger partial charge in [-0.15, -0.1) is 21.5 Å². The summed E-state index contributed by atoms with van der Waals surface area (Å²) in [5.41, 5.74) is 1.83. The highest BCUT2D eigenvalue weighted by Gasteiger charge is 2.08. The fourth-order valence-corrected chi connectivity index (χ4v) is 3.26. The molecule has 2 aromatic carbocycles. The summed E-state index contributed by atoms with van der Waals surface area (Å²) in [7, 11) is 1.63. The molecule has 6 nitrogen and oxygen atoms in total. The smallest absolute Gasteiger partial charge is 0.184 e. The van der Waals surface area contributed by atoms with E-state index in [0.717, 1.165) is 16.0 Å². The van der Waals surface area contributed by atoms with Gasteiger partial charge in [0.05, 0.1) is 13.3 Å². The minimum atomic E-state index is 0.516. The lowest BCUT2D eigenvalue weighted by Gasteiger charge is -2.10. The highest BCUT2D eigenvalue weighted by atomic mass is 32.1. The molecule has 0 unspecified atom stereocenters. The van der Waals surface area contributed by atoms with E-state index in [9.17, 15) is 0 Å². The van der Waals surface area contributed by atoms with E-state index in [2.05, 4.69) is 15.3 Å². The van der Waals surface area contributed by atoms with Crippen LogP contribution in [0, 0.1) is 0 Å². The Balaban J connectivity index is 1.52. The van der Waals surface area contributed by atoms with Gasteiger partial charge in [-0.25, -0.2) is 0 Å². The van der Waals surface area contributed by atoms with Gasteiger partial charge in [0.1, 0.15) is 12.9 Å². The standard InChI is InChI=1S/C21H18N4O2S/c1-26-20-12-16(9-10-19(20)27-14-18-8-5-11-28-18)13-23-25-15-22-24-21(25)17-6-3-2-4-7-17/h2-13,15H,14H2,1H3/b23-13-. The molecule has 0 atom stereocenters. The van der Waals surface area contributed by atoms with Gasteiger partial charge in [0, 0.05) is 10.4 Å². The number of rotatable bonds is 7. The molecule has 2 aromatic heterocycles. The SMILES string of the molecule is COc1cc(/C=N\n2cnnc2-c2ccccc2)ccc1OCc1cccs1. The van der Waals surface area contributed by atoms with Gasteiger partial charge in [0.15, 0.2) is 17.3 Å². The Morgan fingerprint density at radius 1 is 1.07 bits per heavy atom. The van der Waals surface area contributed by atoms with Crippen LogP contribution in [0.15, 0.2) is 77.5 Å². The van der Waals surface area contributed by atoms with Gasteiger partial charge in [0.2, 0.25) is 0 Å². The second-order valence-corrected chi connectivity index (χ2v) is 6.92. The van der Waals surface area contributed by atoms with E-state index in [-0.39, 0.29) is 0 Å². The lowest BCUT2D eigenvalue weighted by molar-refractivity contribution is 0.287. The number of aromatic nitrogens is 3. The number of ether oxygens (including phenoxy) is 2. The van der Waals surface area contributed by atoms with Gasteiger partial charge in [0.25, 0.3) is 0 Å². The fraction of sp³-hybridized carbons (Fsp3) is 0.0952. The zero-order chi connectivity index (χ0) is 19.2. The summed E-state index contributed by atoms with van der Waals surface area (Å²) in [6, 6.07) is 19.6. The van der Waals surface area contributed by atoms with Crippen LogP contribution in [0.4, 0.5) is 0 Å². The Morgan fingerprint density at radius 3 is 2.75 bits per heavy atom. The normalized spacial score (nSPS) is 11.0. The van der Waals surface area contributed by atoms with Gasteiger partial charge in [-0.2, -0.15) is 9.78 Å². The summed E-state index contributed by atoms with van der Waals surface area (Å²) >= 11 is 1.66. The van der Waals surface area contributed by atoms with Crippen LogP contribution in [0.3, 0.4) is 0 Å². The summed E-state index contributed by atoms with van der Waals surface area (Å²) in [6.45, 7) is 0.516. The molecule has 0 aliphatic carbocycles. The van der Waals surface area contributed by atoms with Crippen LogP contribution in [0.5, 0.6) is 11.5 Å². The minimum absolute atomic E-state index is 0.516. The predicted octanol–water partition coefficient (Wildman–Crippen LogP) is 4.48. The van der Waals surface area contributed by atoms with E-state index in [1.165, 1.54) is 0 Å². The van der Waals surface area contributed by atoms with Crippen molar-refractivity contribution in [3.8, 4) is 22.9 Å². The van der Waals surface area contributed by atoms with E-state index in [1.807, 2.05) is 66.0 Å². The van der Waals surface area contributed by atoms with E-state index in [4.69, 9.17) is 9.47 Å². The third-order valence-electron chi connectivity index (χ3n) is 4.03. The average molecular weight is 390 g/mol. The fourth-order valence-electron chi connectivity index (χ4n) is 2.65. The first-order valence-electron chi connectivity index (χ1n) is 8.66. The number of hydrogen-bond donors (Lipinski definition) is 0. The van der Waals surface area contributed by atoms with Gasteiger partial charge in [-0.1, -0.05) is 36.4 Å². The number of nitrogens with zero attached hydrogens (tertiary/aromatic N) is 4. The maximum atomic E-state index is 5.87. The minimum Gasteiger partial charge on any atom is -0.493 e. The first-order valence-corrected chi connectivity index (χ1v) is 9.54. The number of thiophene rings is 1. The Morgan fingerprint density at radius 2 is 1.96 bits per heavy atom. The van der Waals surface area contributed by atoms with Crippen molar-refractivity contribution < 1.29 is 9.47 Å². The molecule has 0 amide bonds. The van der Waals surface area contributed by atoms with E-state index in [1.54, 1.807) is 35.7 Å². The molecule has 0 spiro atoms. The van der Waals surface area contributed by atoms with Crippen molar-refractivity contribution in [2.45, 2.75) is 6.61 Å². The highest BCUT2D eigenvalue weighted by Crippen LogP contribution is 2.29. The van der Waals surface area contributed by atoms with Crippen molar-refractivity contribution in [1.82, 2.24) is 14.9 Å². The lowest BCUT2D eigenvalue weighted by Crippen LogP contribution is -1.97. The molecular formula is C21H18N4O2S. The number of methoxy groups -OCH3 is 1. The first-order chi connectivity index (χ1) is 13.8. The molecule has 0 fully saturated rings. The summed E-state index contributed by atoms with van der Waals surface area (Å²) in [5.74, 6) is 2.04. The lowest BCUT2D eigenvalue weighted by atomic mass is 10.2. The molecule has 0 saturated carbocycles. The van der Waals surface area contributed by atoms with Gasteiger partial charge < -0.3 is 9.47 Å². The first kappa shape index (κ1) is 17.9. The molecule has 0 aliphatic heterocycles. The van der Waals surface area contributed by atoms with Crippen molar-refractivity contribution in [2.75, 3.05) is 7.11 Å². The summed E-state index contributed by atoms with van der Waals surface area (Å²) in [4.78, 5) is 1.16. The molecule has 4 rings (SSSR count). The monoisotopic (exact) mass is 390 g/mol. The Kier molecular flexibility index (Phi) is 5.44. The molecule has 0 radical (unpaired) electrons. The zero-order valence-corrected chi connectivity index (χ0v) is 16.0. The molecule has 0 bridgehead atoms. The van der Waals surface area contributed by atoms with Crippen LogP contribution in [0.25, 0.3) is 11.4 Å². The molecule has 0 aliphatic rings. The Labute approximate surface area is 166 Å². The van der Waals surface area contributed by atoms with Gasteiger partial charge in [-0.05, 0) is 35.2 Å². The average Bonchev–Trinajstić information content (AvgIpc) is 3.43. The molecule has 2 heterocycles. The Hall–Kier alpha value is -3.45. The maximum Gasteiger partial charge on any atom is 0.184 e. The quantitative estimate of drug-likeness (QED) is 0.437. The van der Waals surface area contributed by atoms with Crippen molar-refractivity contribution in [2.24, 2.45) is 5.10 Å². The van der Waals surface area contributed by atoms with Crippen molar-refractivity contribution in [1.29, 1.82) is 0 Å². The van der Waals surface area contributed by atoms with Crippen molar-refractivity contribution >= 4 is 17.6 Å². The molecule has 0 N–H and O–H groups in total. The van der Waals surface area contributed by atoms with E-state index < -0.39 is 0 Å². The Bertz CT molecular complexity index is 1060. The van der Waals surface area contributed by atoms with Crippen LogP contribution < -0.4 is 9.47 Å². The second-order valence-electron chi connectivity index (χ2n) is 5.89. The highest BCUT2D eigenvalue weighted by molar-refractivity contribution is 7.09. The molecule has 7 heteroatoms. The van der Waals surface area contributed by atoms with Crippen LogP contribution in [0.2, 0.25) is 0 Å².